The molecule has 4 aromatic carbocycles. The van der Waals surface area contributed by atoms with Gasteiger partial charge in [0.2, 0.25) is 0 Å². The maximum Gasteiger partial charge on any atom is 0.0723 e. The Balaban J connectivity index is 1.75. The molecule has 3 heteroatoms. The smallest absolute Gasteiger partial charge is 0.0723 e. The van der Waals surface area contributed by atoms with Crippen molar-refractivity contribution >= 4 is 53.3 Å². The molecule has 0 fully saturated rings. The van der Waals surface area contributed by atoms with Crippen LogP contribution < -0.4 is 0 Å². The van der Waals surface area contributed by atoms with Crippen molar-refractivity contribution in [3.8, 4) is 16.8 Å². The van der Waals surface area contributed by atoms with E-state index >= 15 is 0 Å². The number of hydrogen-bond donors (Lipinski definition) is 0. The van der Waals surface area contributed by atoms with Crippen LogP contribution in [0.2, 0.25) is 0 Å². The van der Waals surface area contributed by atoms with E-state index in [2.05, 4.69) is 108 Å². The monoisotopic (exact) mass is 466 g/mol. The number of aromatic nitrogens is 2. The number of nitrogens with zero attached hydrogens (tertiary/aromatic N) is 2. The zero-order valence-electron chi connectivity index (χ0n) is 19.5. The van der Waals surface area contributed by atoms with E-state index in [1.165, 1.54) is 64.2 Å². The van der Waals surface area contributed by atoms with Gasteiger partial charge in [-0.2, -0.15) is 0 Å². The van der Waals surface area contributed by atoms with E-state index in [-0.39, 0.29) is 5.41 Å². The van der Waals surface area contributed by atoms with E-state index in [0.29, 0.717) is 0 Å². The van der Waals surface area contributed by atoms with Crippen LogP contribution in [0.1, 0.15) is 25.0 Å². The first-order chi connectivity index (χ1) is 17.2. The first-order valence-corrected chi connectivity index (χ1v) is 12.9. The van der Waals surface area contributed by atoms with Gasteiger partial charge in [-0.3, -0.25) is 4.98 Å². The lowest BCUT2D eigenvalue weighted by Gasteiger charge is -2.23. The third kappa shape index (κ3) is 2.32. The Morgan fingerprint density at radius 1 is 0.743 bits per heavy atom. The van der Waals surface area contributed by atoms with Gasteiger partial charge in [-0.15, -0.1) is 11.3 Å². The molecule has 7 aromatic rings. The number of pyridine rings is 1. The van der Waals surface area contributed by atoms with Crippen LogP contribution in [-0.2, 0) is 5.41 Å². The van der Waals surface area contributed by atoms with Gasteiger partial charge in [0.05, 0.1) is 15.7 Å². The average molecular weight is 467 g/mol. The Morgan fingerprint density at radius 2 is 1.46 bits per heavy atom. The summed E-state index contributed by atoms with van der Waals surface area (Å²) >= 11 is 1.92. The Kier molecular flexibility index (Phi) is 3.64. The molecule has 2 nitrogen and oxygen atoms in total. The van der Waals surface area contributed by atoms with Gasteiger partial charge in [-0.1, -0.05) is 74.5 Å². The maximum absolute atomic E-state index is 4.31. The fourth-order valence-electron chi connectivity index (χ4n) is 6.45. The number of rotatable bonds is 1. The quantitative estimate of drug-likeness (QED) is 0.236. The van der Waals surface area contributed by atoms with E-state index < -0.39 is 0 Å². The minimum atomic E-state index is -0.103. The van der Waals surface area contributed by atoms with Crippen LogP contribution in [-0.4, -0.2) is 9.55 Å². The highest BCUT2D eigenvalue weighted by atomic mass is 32.1. The van der Waals surface area contributed by atoms with Gasteiger partial charge in [-0.25, -0.2) is 0 Å². The van der Waals surface area contributed by atoms with Crippen LogP contribution in [0.15, 0.2) is 97.3 Å². The molecule has 35 heavy (non-hydrogen) atoms. The highest BCUT2D eigenvalue weighted by Crippen LogP contribution is 2.58. The summed E-state index contributed by atoms with van der Waals surface area (Å²) in [4.78, 5) is 4.31. The number of benzene rings is 4. The Labute approximate surface area is 207 Å². The predicted molar refractivity (Wildman–Crippen MR) is 149 cm³/mol. The summed E-state index contributed by atoms with van der Waals surface area (Å²) in [5.74, 6) is 0. The number of thiophene rings is 1. The summed E-state index contributed by atoms with van der Waals surface area (Å²) in [6, 6.07) is 31.1. The van der Waals surface area contributed by atoms with Crippen molar-refractivity contribution in [3.05, 3.63) is 108 Å². The molecule has 0 radical (unpaired) electrons. The lowest BCUT2D eigenvalue weighted by atomic mass is 9.80. The maximum atomic E-state index is 4.31. The van der Waals surface area contributed by atoms with Crippen LogP contribution >= 0.6 is 11.3 Å². The molecule has 3 heterocycles. The molecular weight excluding hydrogens is 444 g/mol. The summed E-state index contributed by atoms with van der Waals surface area (Å²) in [6.07, 6.45) is 3.79. The van der Waals surface area contributed by atoms with Crippen LogP contribution in [0.25, 0.3) is 58.8 Å². The van der Waals surface area contributed by atoms with Crippen LogP contribution in [0, 0.1) is 0 Å². The molecular formula is C32H22N2S. The highest BCUT2D eigenvalue weighted by Gasteiger charge is 2.40. The second kappa shape index (κ2) is 6.59. The van der Waals surface area contributed by atoms with Crippen molar-refractivity contribution in [2.75, 3.05) is 0 Å². The van der Waals surface area contributed by atoms with Crippen molar-refractivity contribution in [1.82, 2.24) is 9.55 Å². The van der Waals surface area contributed by atoms with E-state index in [0.717, 1.165) is 5.69 Å². The molecule has 0 saturated carbocycles. The summed E-state index contributed by atoms with van der Waals surface area (Å²) in [7, 11) is 0. The summed E-state index contributed by atoms with van der Waals surface area (Å²) in [5.41, 5.74) is 9.27. The van der Waals surface area contributed by atoms with Gasteiger partial charge in [0.1, 0.15) is 0 Å². The topological polar surface area (TPSA) is 17.8 Å². The lowest BCUT2D eigenvalue weighted by molar-refractivity contribution is 0.667. The van der Waals surface area contributed by atoms with Crippen molar-refractivity contribution < 1.29 is 0 Å². The second-order valence-electron chi connectivity index (χ2n) is 10.0. The van der Waals surface area contributed by atoms with Gasteiger partial charge in [0, 0.05) is 49.7 Å². The van der Waals surface area contributed by atoms with E-state index in [4.69, 9.17) is 0 Å². The average Bonchev–Trinajstić information content (AvgIpc) is 3.51. The lowest BCUT2D eigenvalue weighted by Crippen LogP contribution is -2.15. The van der Waals surface area contributed by atoms with E-state index in [9.17, 15) is 0 Å². The third-order valence-electron chi connectivity index (χ3n) is 7.85. The zero-order valence-corrected chi connectivity index (χ0v) is 20.4. The predicted octanol–water partition coefficient (Wildman–Crippen LogP) is 8.85. The molecule has 0 aliphatic heterocycles. The Hall–Kier alpha value is -3.95. The summed E-state index contributed by atoms with van der Waals surface area (Å²) < 4.78 is 5.16. The Bertz CT molecular complexity index is 1970. The van der Waals surface area contributed by atoms with Crippen molar-refractivity contribution in [1.29, 1.82) is 0 Å². The molecule has 8 rings (SSSR count). The van der Waals surface area contributed by atoms with Crippen molar-refractivity contribution in [3.63, 3.8) is 0 Å². The molecule has 166 valence electrons. The minimum Gasteiger partial charge on any atom is -0.308 e. The molecule has 0 bridgehead atoms. The highest BCUT2D eigenvalue weighted by molar-refractivity contribution is 7.26. The first kappa shape index (κ1) is 19.4. The van der Waals surface area contributed by atoms with E-state index in [1.807, 2.05) is 23.7 Å². The summed E-state index contributed by atoms with van der Waals surface area (Å²) in [6.45, 7) is 4.80. The standard InChI is InChI=1S/C32H22N2S/c1-32(2)23-12-6-3-9-20(23)26-27-22-11-5-8-14-25(22)35-31(27)30-28(29(26)32)21-10-4-7-13-24(21)34(30)19-15-17-33-18-16-19/h3-18H,1-2H3. The van der Waals surface area contributed by atoms with Gasteiger partial charge < -0.3 is 4.57 Å². The third-order valence-corrected chi connectivity index (χ3v) is 9.03. The van der Waals surface area contributed by atoms with Crippen LogP contribution in [0.4, 0.5) is 0 Å². The summed E-state index contributed by atoms with van der Waals surface area (Å²) in [5, 5.41) is 5.44. The first-order valence-electron chi connectivity index (χ1n) is 12.1. The van der Waals surface area contributed by atoms with Gasteiger partial charge in [0.15, 0.2) is 0 Å². The number of fused-ring (bicyclic) bond motifs is 12. The van der Waals surface area contributed by atoms with Gasteiger partial charge >= 0.3 is 0 Å². The fraction of sp³-hybridized carbons (Fsp3) is 0.0938. The second-order valence-corrected chi connectivity index (χ2v) is 11.1. The van der Waals surface area contributed by atoms with E-state index in [1.54, 1.807) is 0 Å². The van der Waals surface area contributed by atoms with Gasteiger partial charge in [-0.05, 0) is 46.5 Å². The normalized spacial score (nSPS) is 14.2. The zero-order chi connectivity index (χ0) is 23.3. The fourth-order valence-corrected chi connectivity index (χ4v) is 7.71. The molecule has 0 N–H and O–H groups in total. The molecule has 0 atom stereocenters. The number of hydrogen-bond acceptors (Lipinski definition) is 2. The van der Waals surface area contributed by atoms with Gasteiger partial charge in [0.25, 0.3) is 0 Å². The van der Waals surface area contributed by atoms with Crippen LogP contribution in [0.5, 0.6) is 0 Å². The van der Waals surface area contributed by atoms with Crippen molar-refractivity contribution in [2.45, 2.75) is 19.3 Å². The molecule has 0 saturated heterocycles. The SMILES string of the molecule is CC1(C)c2ccccc2-c2c1c1c3ccccc3n(-c3ccncc3)c1c1sc3ccccc3c21. The largest absolute Gasteiger partial charge is 0.308 e. The number of para-hydroxylation sites is 1. The molecule has 0 unspecified atom stereocenters. The molecule has 3 aromatic heterocycles. The molecule has 1 aliphatic carbocycles. The Morgan fingerprint density at radius 3 is 2.31 bits per heavy atom. The minimum absolute atomic E-state index is 0.103. The van der Waals surface area contributed by atoms with Crippen molar-refractivity contribution in [2.24, 2.45) is 0 Å². The molecule has 0 amide bonds. The molecule has 1 aliphatic rings. The molecule has 0 spiro atoms. The van der Waals surface area contributed by atoms with Crippen LogP contribution in [0.3, 0.4) is 0 Å².